The van der Waals surface area contributed by atoms with Gasteiger partial charge in [0.1, 0.15) is 6.04 Å². The molecule has 0 aliphatic carbocycles. The van der Waals surface area contributed by atoms with Crippen molar-refractivity contribution in [2.24, 2.45) is 0 Å². The van der Waals surface area contributed by atoms with Crippen LogP contribution in [0.25, 0.3) is 0 Å². The Hall–Kier alpha value is -1.79. The minimum absolute atomic E-state index is 0.216. The number of piperidine rings is 1. The zero-order chi connectivity index (χ0) is 17.6. The van der Waals surface area contributed by atoms with E-state index in [0.29, 0.717) is 11.5 Å². The third-order valence-electron chi connectivity index (χ3n) is 5.14. The van der Waals surface area contributed by atoms with E-state index in [1.54, 1.807) is 14.2 Å². The van der Waals surface area contributed by atoms with Crippen LogP contribution >= 0.6 is 0 Å². The topological polar surface area (TPSA) is 54.0 Å². The highest BCUT2D eigenvalue weighted by molar-refractivity contribution is 5.83. The number of nitrogens with zero attached hydrogens (tertiary/aromatic N) is 2. The summed E-state index contributed by atoms with van der Waals surface area (Å²) in [6.45, 7) is 5.31. The molecule has 1 amide bonds. The summed E-state index contributed by atoms with van der Waals surface area (Å²) in [7, 11) is 3.26. The second kappa shape index (κ2) is 8.54. The normalized spacial score (nSPS) is 20.2. The zero-order valence-corrected chi connectivity index (χ0v) is 15.3. The molecule has 6 heteroatoms. The van der Waals surface area contributed by atoms with Gasteiger partial charge in [-0.3, -0.25) is 9.69 Å². The van der Waals surface area contributed by atoms with E-state index in [2.05, 4.69) is 10.2 Å². The lowest BCUT2D eigenvalue weighted by molar-refractivity contribution is -0.138. The first-order valence-electron chi connectivity index (χ1n) is 9.20. The van der Waals surface area contributed by atoms with Crippen molar-refractivity contribution in [2.45, 2.75) is 25.3 Å². The van der Waals surface area contributed by atoms with E-state index in [1.165, 1.54) is 6.42 Å². The summed E-state index contributed by atoms with van der Waals surface area (Å²) in [5, 5.41) is 3.37. The molecule has 1 aromatic rings. The third-order valence-corrected chi connectivity index (χ3v) is 5.14. The van der Waals surface area contributed by atoms with Crippen molar-refractivity contribution in [3.05, 3.63) is 23.8 Å². The number of rotatable bonds is 5. The van der Waals surface area contributed by atoms with Crippen molar-refractivity contribution in [2.75, 3.05) is 53.5 Å². The Bertz CT molecular complexity index is 581. The number of benzene rings is 1. The van der Waals surface area contributed by atoms with Crippen molar-refractivity contribution in [1.82, 2.24) is 15.1 Å². The van der Waals surface area contributed by atoms with Crippen LogP contribution in [0.15, 0.2) is 18.2 Å². The molecule has 2 saturated heterocycles. The number of likely N-dealkylation sites (tertiary alicyclic amines) is 1. The van der Waals surface area contributed by atoms with E-state index in [1.807, 2.05) is 23.1 Å². The van der Waals surface area contributed by atoms with Crippen LogP contribution in [0.1, 0.15) is 30.9 Å². The molecule has 25 heavy (non-hydrogen) atoms. The van der Waals surface area contributed by atoms with E-state index in [4.69, 9.17) is 9.47 Å². The van der Waals surface area contributed by atoms with Crippen LogP contribution in [0.5, 0.6) is 11.5 Å². The van der Waals surface area contributed by atoms with Crippen molar-refractivity contribution in [3.63, 3.8) is 0 Å². The minimum atomic E-state index is -0.250. The Morgan fingerprint density at radius 1 is 1.00 bits per heavy atom. The second-order valence-corrected chi connectivity index (χ2v) is 6.69. The van der Waals surface area contributed by atoms with Crippen LogP contribution in [0.2, 0.25) is 0 Å². The molecule has 1 N–H and O–H groups in total. The van der Waals surface area contributed by atoms with Crippen molar-refractivity contribution >= 4 is 5.91 Å². The molecule has 0 bridgehead atoms. The number of hydrogen-bond donors (Lipinski definition) is 1. The van der Waals surface area contributed by atoms with E-state index < -0.39 is 0 Å². The molecule has 0 radical (unpaired) electrons. The monoisotopic (exact) mass is 347 g/mol. The lowest BCUT2D eigenvalue weighted by Gasteiger charge is -2.38. The fraction of sp³-hybridized carbons (Fsp3) is 0.632. The summed E-state index contributed by atoms with van der Waals surface area (Å²) in [4.78, 5) is 17.7. The molecule has 2 fully saturated rings. The quantitative estimate of drug-likeness (QED) is 0.878. The van der Waals surface area contributed by atoms with Gasteiger partial charge in [-0.05, 0) is 37.0 Å². The van der Waals surface area contributed by atoms with Gasteiger partial charge < -0.3 is 19.7 Å². The van der Waals surface area contributed by atoms with Gasteiger partial charge in [0.25, 0.3) is 0 Å². The van der Waals surface area contributed by atoms with Crippen LogP contribution in [-0.2, 0) is 4.79 Å². The highest BCUT2D eigenvalue weighted by atomic mass is 16.5. The number of ether oxygens (including phenoxy) is 2. The first-order valence-corrected chi connectivity index (χ1v) is 9.20. The van der Waals surface area contributed by atoms with Gasteiger partial charge in [0.05, 0.1) is 14.2 Å². The van der Waals surface area contributed by atoms with Gasteiger partial charge in [-0.1, -0.05) is 6.07 Å². The highest BCUT2D eigenvalue weighted by Gasteiger charge is 2.33. The summed E-state index contributed by atoms with van der Waals surface area (Å²) in [5.74, 6) is 1.58. The molecule has 2 aliphatic heterocycles. The van der Waals surface area contributed by atoms with Gasteiger partial charge >= 0.3 is 0 Å². The summed E-state index contributed by atoms with van der Waals surface area (Å²) in [6, 6.07) is 5.59. The molecule has 2 heterocycles. The lowest BCUT2D eigenvalue weighted by Crippen LogP contribution is -2.51. The van der Waals surface area contributed by atoms with Crippen LogP contribution < -0.4 is 14.8 Å². The van der Waals surface area contributed by atoms with E-state index in [-0.39, 0.29) is 11.9 Å². The third kappa shape index (κ3) is 4.07. The fourth-order valence-corrected chi connectivity index (χ4v) is 3.76. The molecule has 0 aromatic heterocycles. The molecule has 3 rings (SSSR count). The largest absolute Gasteiger partial charge is 0.493 e. The van der Waals surface area contributed by atoms with Gasteiger partial charge in [-0.15, -0.1) is 0 Å². The Kier molecular flexibility index (Phi) is 6.15. The zero-order valence-electron chi connectivity index (χ0n) is 15.3. The van der Waals surface area contributed by atoms with Crippen LogP contribution in [0.3, 0.4) is 0 Å². The summed E-state index contributed by atoms with van der Waals surface area (Å²) in [5.41, 5.74) is 0.982. The molecule has 1 aromatic carbocycles. The SMILES string of the molecule is COc1ccc(C(C(=O)N2CCCCC2)N2CCNCC2)cc1OC. The van der Waals surface area contributed by atoms with E-state index >= 15 is 0 Å². The highest BCUT2D eigenvalue weighted by Crippen LogP contribution is 2.33. The standard InChI is InChI=1S/C19H29N3O3/c1-24-16-7-6-15(14-17(16)25-2)18(21-12-8-20-9-13-21)19(23)22-10-4-3-5-11-22/h6-7,14,18,20H,3-5,8-13H2,1-2H3. The average molecular weight is 347 g/mol. The Labute approximate surface area is 150 Å². The molecule has 0 spiro atoms. The van der Waals surface area contributed by atoms with Crippen LogP contribution in [-0.4, -0.2) is 69.2 Å². The van der Waals surface area contributed by atoms with Crippen molar-refractivity contribution in [1.29, 1.82) is 0 Å². The first-order chi connectivity index (χ1) is 12.2. The fourth-order valence-electron chi connectivity index (χ4n) is 3.76. The summed E-state index contributed by atoms with van der Waals surface area (Å²) >= 11 is 0. The number of piperazine rings is 1. The van der Waals surface area contributed by atoms with Gasteiger partial charge in [0, 0.05) is 39.3 Å². The van der Waals surface area contributed by atoms with Crippen molar-refractivity contribution < 1.29 is 14.3 Å². The molecule has 6 nitrogen and oxygen atoms in total. The number of hydrogen-bond acceptors (Lipinski definition) is 5. The maximum Gasteiger partial charge on any atom is 0.244 e. The predicted octanol–water partition coefficient (Wildman–Crippen LogP) is 1.66. The van der Waals surface area contributed by atoms with E-state index in [0.717, 1.165) is 57.7 Å². The molecular formula is C19H29N3O3. The van der Waals surface area contributed by atoms with Gasteiger partial charge in [0.15, 0.2) is 11.5 Å². The first kappa shape index (κ1) is 18.0. The maximum atomic E-state index is 13.3. The van der Waals surface area contributed by atoms with Crippen molar-refractivity contribution in [3.8, 4) is 11.5 Å². The molecular weight excluding hydrogens is 318 g/mol. The smallest absolute Gasteiger partial charge is 0.244 e. The summed E-state index contributed by atoms with van der Waals surface area (Å²) in [6.07, 6.45) is 3.43. The van der Waals surface area contributed by atoms with Gasteiger partial charge in [0.2, 0.25) is 5.91 Å². The predicted molar refractivity (Wildman–Crippen MR) is 97.2 cm³/mol. The lowest BCUT2D eigenvalue weighted by atomic mass is 10.0. The Morgan fingerprint density at radius 3 is 2.32 bits per heavy atom. The molecule has 0 saturated carbocycles. The number of carbonyl (C=O) groups excluding carboxylic acids is 1. The Morgan fingerprint density at radius 2 is 1.68 bits per heavy atom. The number of nitrogens with one attached hydrogen (secondary N) is 1. The molecule has 2 aliphatic rings. The number of carbonyl (C=O) groups is 1. The minimum Gasteiger partial charge on any atom is -0.493 e. The molecule has 138 valence electrons. The van der Waals surface area contributed by atoms with E-state index in [9.17, 15) is 4.79 Å². The summed E-state index contributed by atoms with van der Waals surface area (Å²) < 4.78 is 10.8. The average Bonchev–Trinajstić information content (AvgIpc) is 2.69. The van der Waals surface area contributed by atoms with Crippen LogP contribution in [0.4, 0.5) is 0 Å². The van der Waals surface area contributed by atoms with Gasteiger partial charge in [-0.2, -0.15) is 0 Å². The Balaban J connectivity index is 1.91. The second-order valence-electron chi connectivity index (χ2n) is 6.69. The van der Waals surface area contributed by atoms with Crippen LogP contribution in [0, 0.1) is 0 Å². The number of amides is 1. The molecule has 1 unspecified atom stereocenters. The number of methoxy groups -OCH3 is 2. The van der Waals surface area contributed by atoms with Gasteiger partial charge in [-0.25, -0.2) is 0 Å². The maximum absolute atomic E-state index is 13.3. The molecule has 1 atom stereocenters.